The summed E-state index contributed by atoms with van der Waals surface area (Å²) < 4.78 is 15.7. The fourth-order valence-corrected chi connectivity index (χ4v) is 19.9. The van der Waals surface area contributed by atoms with Crippen molar-refractivity contribution in [3.05, 3.63) is 190 Å². The van der Waals surface area contributed by atoms with Gasteiger partial charge in [-0.1, -0.05) is 316 Å². The van der Waals surface area contributed by atoms with Gasteiger partial charge in [-0.05, 0) is 130 Å². The third-order valence-electron chi connectivity index (χ3n) is 21.6. The van der Waals surface area contributed by atoms with Gasteiger partial charge in [0.25, 0.3) is 5.85 Å². The number of rotatable bonds is 38. The number of amidine groups is 7. The van der Waals surface area contributed by atoms with Crippen molar-refractivity contribution in [3.8, 4) is 0 Å². The maximum atomic E-state index is 7.93. The minimum atomic E-state index is -2.63. The minimum absolute atomic E-state index is 0.516. The van der Waals surface area contributed by atoms with Crippen molar-refractivity contribution < 1.29 is 8.95 Å². The summed E-state index contributed by atoms with van der Waals surface area (Å²) in [5.74, 6) is 2.40. The largest absolute Gasteiger partial charge is 0.373 e. The lowest BCUT2D eigenvalue weighted by Gasteiger charge is -2.33. The number of hydroxylamine groups is 2. The highest BCUT2D eigenvalue weighted by atomic mass is 28.4. The van der Waals surface area contributed by atoms with Crippen LogP contribution in [-0.2, 0) is 14.8 Å². The Kier molecular flexibility index (Phi) is 23.9. The van der Waals surface area contributed by atoms with E-state index in [1.54, 1.807) is 0 Å². The molecule has 0 fully saturated rings. The molecule has 0 radical (unpaired) electrons. The Morgan fingerprint density at radius 2 is 0.550 bits per heavy atom. The van der Waals surface area contributed by atoms with Gasteiger partial charge in [0.05, 0.1) is 0 Å². The Morgan fingerprint density at radius 3 is 0.910 bits per heavy atom. The molecule has 8 bridgehead atoms. The average molecular weight is 1370 g/mol. The minimum Gasteiger partial charge on any atom is -0.373 e. The number of fused-ring (bicyclic) bond motifs is 20. The third kappa shape index (κ3) is 17.2. The summed E-state index contributed by atoms with van der Waals surface area (Å²) in [6.45, 7) is 14.0. The van der Waals surface area contributed by atoms with Gasteiger partial charge in [-0.2, -0.15) is 5.06 Å². The van der Waals surface area contributed by atoms with Crippen LogP contribution < -0.4 is 0 Å². The molecule has 0 aliphatic carbocycles. The summed E-state index contributed by atoms with van der Waals surface area (Å²) in [5.41, 5.74) is 7.11. The van der Waals surface area contributed by atoms with Gasteiger partial charge in [0.1, 0.15) is 0 Å². The van der Waals surface area contributed by atoms with E-state index in [9.17, 15) is 0 Å². The molecule has 0 N–H and O–H groups in total. The topological polar surface area (TPSA) is 108 Å². The Bertz CT molecular complexity index is 4420. The Morgan fingerprint density at radius 1 is 0.290 bits per heavy atom. The fraction of sp³-hybridized carbons (Fsp3) is 0.466. The number of hydrogen-bond acceptors (Lipinski definition) is 10. The van der Waals surface area contributed by atoms with Gasteiger partial charge in [0.15, 0.2) is 49.2 Å². The van der Waals surface area contributed by atoms with Crippen LogP contribution in [0.1, 0.15) is 264 Å². The predicted molar refractivity (Wildman–Crippen MR) is 431 cm³/mol. The third-order valence-corrected chi connectivity index (χ3v) is 26.2. The highest BCUT2D eigenvalue weighted by Crippen LogP contribution is 2.46. The van der Waals surface area contributed by atoms with Crippen LogP contribution in [0.4, 0.5) is 0 Å². The zero-order chi connectivity index (χ0) is 68.7. The first-order chi connectivity index (χ1) is 48.9. The molecule has 1 unspecified atom stereocenters. The Hall–Kier alpha value is -7.36. The van der Waals surface area contributed by atoms with E-state index < -0.39 is 22.5 Å². The summed E-state index contributed by atoms with van der Waals surface area (Å²) in [4.78, 5) is 40.3. The summed E-state index contributed by atoms with van der Waals surface area (Å²) in [6, 6.07) is 54.2. The summed E-state index contributed by atoms with van der Waals surface area (Å²) in [7, 11) is -5.21. The molecule has 13 rings (SSSR count). The number of unbranched alkanes of at least 4 members (excludes halogenated alkanes) is 30. The summed E-state index contributed by atoms with van der Waals surface area (Å²) >= 11 is 0. The van der Waals surface area contributed by atoms with Gasteiger partial charge in [0.2, 0.25) is 8.32 Å². The first kappa shape index (κ1) is 71.1. The molecule has 8 aromatic rings. The summed E-state index contributed by atoms with van der Waals surface area (Å²) in [5, 5.41) is 10.7. The second kappa shape index (κ2) is 33.6. The molecule has 1 atom stereocenters. The Balaban J connectivity index is 0.856. The molecule has 0 amide bonds. The highest BCUT2D eigenvalue weighted by Gasteiger charge is 2.48. The van der Waals surface area contributed by atoms with Gasteiger partial charge < -0.3 is 8.95 Å². The van der Waals surface area contributed by atoms with E-state index in [1.165, 1.54) is 193 Å². The lowest BCUT2D eigenvalue weighted by molar-refractivity contribution is 0.0793. The lowest BCUT2D eigenvalue weighted by atomic mass is 9.98. The SMILES string of the molecule is CCCCCCCCCCCCCCCCCC[Si](C)(C)ON1C2=NC(=NC3=NC(=NC4(O[Si](C)(C)CCCCCCCCCCCCCCCCCC)N=C(N=C5N=C1c1cc6ccccc6cc15)c1cc5ccccc5cc14)c1cc4ccccc4cc13)c1cc3ccccc3cc12. The molecular weight excluding hydrogens is 1260 g/mol. The van der Waals surface area contributed by atoms with Crippen molar-refractivity contribution in [2.24, 2.45) is 34.9 Å². The molecule has 0 saturated carbocycles. The van der Waals surface area contributed by atoms with Crippen molar-refractivity contribution in [3.63, 3.8) is 0 Å². The molecule has 0 spiro atoms. The van der Waals surface area contributed by atoms with Gasteiger partial charge in [-0.25, -0.2) is 34.9 Å². The second-order valence-corrected chi connectivity index (χ2v) is 39.2. The van der Waals surface area contributed by atoms with E-state index in [0.717, 1.165) is 113 Å². The first-order valence-electron chi connectivity index (χ1n) is 39.4. The molecular formula is C88H110N8O2Si2. The fourth-order valence-electron chi connectivity index (χ4n) is 15.8. The lowest BCUT2D eigenvalue weighted by Crippen LogP contribution is -2.46. The van der Waals surface area contributed by atoms with Crippen molar-refractivity contribution in [2.75, 3.05) is 0 Å². The number of benzene rings is 8. The monoisotopic (exact) mass is 1370 g/mol. The quantitative estimate of drug-likeness (QED) is 0.0284. The average Bonchev–Trinajstić information content (AvgIpc) is 1.56. The van der Waals surface area contributed by atoms with Crippen LogP contribution in [0.25, 0.3) is 43.1 Å². The molecule has 522 valence electrons. The number of hydrogen-bond donors (Lipinski definition) is 0. The van der Waals surface area contributed by atoms with E-state index in [2.05, 4.69) is 186 Å². The van der Waals surface area contributed by atoms with Gasteiger partial charge >= 0.3 is 0 Å². The molecule has 100 heavy (non-hydrogen) atoms. The van der Waals surface area contributed by atoms with Crippen LogP contribution in [0.15, 0.2) is 181 Å². The predicted octanol–water partition coefficient (Wildman–Crippen LogP) is 25.0. The molecule has 10 nitrogen and oxygen atoms in total. The van der Waals surface area contributed by atoms with Crippen LogP contribution in [-0.4, -0.2) is 62.5 Å². The number of nitrogens with zero attached hydrogens (tertiary/aromatic N) is 8. The van der Waals surface area contributed by atoms with Gasteiger partial charge in [-0.15, -0.1) is 0 Å². The Labute approximate surface area is 599 Å². The second-order valence-electron chi connectivity index (χ2n) is 30.7. The van der Waals surface area contributed by atoms with E-state index in [0.29, 0.717) is 40.8 Å². The molecule has 5 aliphatic heterocycles. The van der Waals surface area contributed by atoms with E-state index in [-0.39, 0.29) is 0 Å². The van der Waals surface area contributed by atoms with Crippen LogP contribution in [0.2, 0.25) is 38.3 Å². The van der Waals surface area contributed by atoms with E-state index in [1.807, 2.05) is 5.06 Å². The van der Waals surface area contributed by atoms with E-state index in [4.69, 9.17) is 43.9 Å². The zero-order valence-corrected chi connectivity index (χ0v) is 63.3. The van der Waals surface area contributed by atoms with Gasteiger partial charge in [-0.3, -0.25) is 0 Å². The van der Waals surface area contributed by atoms with Crippen molar-refractivity contribution >= 4 is 101 Å². The van der Waals surface area contributed by atoms with Crippen molar-refractivity contribution in [1.29, 1.82) is 0 Å². The van der Waals surface area contributed by atoms with Gasteiger partial charge in [0, 0.05) is 44.5 Å². The van der Waals surface area contributed by atoms with Crippen molar-refractivity contribution in [1.82, 2.24) is 5.06 Å². The molecule has 0 saturated heterocycles. The smallest absolute Gasteiger partial charge is 0.280 e. The van der Waals surface area contributed by atoms with Crippen LogP contribution >= 0.6 is 0 Å². The molecule has 5 heterocycles. The first-order valence-corrected chi connectivity index (χ1v) is 45.7. The van der Waals surface area contributed by atoms with E-state index >= 15 is 0 Å². The maximum Gasteiger partial charge on any atom is 0.280 e. The molecule has 8 aromatic carbocycles. The molecule has 5 aliphatic rings. The van der Waals surface area contributed by atoms with Crippen molar-refractivity contribution in [2.45, 2.75) is 263 Å². The van der Waals surface area contributed by atoms with Crippen LogP contribution in [0.5, 0.6) is 0 Å². The van der Waals surface area contributed by atoms with Crippen LogP contribution in [0.3, 0.4) is 0 Å². The molecule has 0 aromatic heterocycles. The standard InChI is InChI=1S/C88H110N8O2Si2/c1-7-9-11-13-15-17-19-21-23-25-27-29-31-33-35-45-55-99(3,4)97-88-80-64-72-54-44-43-53-71(72)63-79(80)85(95-88)91-83-76-60-68-50-40-42-52-70(68)62-78(76)87(93-83)96(98-100(5,6)56-46-36-34-32-30-28-26-24-22-20-18-16-14-12-10-8-2)86-77-61-69-51-41-39-49-67(69)59-75(77)82(92-86)89-81-73-57-65-47-37-38-48-66(65)58-74(73)84(90-81)94-88/h37-44,47-54,57-64H,7-36,45-46,55-56H2,1-6H3. The number of aliphatic imine (C=N–C) groups is 7. The normalized spacial score (nSPS) is 16.2. The maximum absolute atomic E-state index is 7.93. The summed E-state index contributed by atoms with van der Waals surface area (Å²) in [6.07, 6.45) is 42.7. The molecule has 12 heteroatoms. The zero-order valence-electron chi connectivity index (χ0n) is 61.3. The van der Waals surface area contributed by atoms with Crippen LogP contribution in [0, 0.1) is 0 Å². The highest BCUT2D eigenvalue weighted by molar-refractivity contribution is 6.71.